The van der Waals surface area contributed by atoms with Gasteiger partial charge in [-0.1, -0.05) is 118 Å². The van der Waals surface area contributed by atoms with Crippen molar-refractivity contribution < 1.29 is 19.8 Å². The number of benzene rings is 4. The van der Waals surface area contributed by atoms with Crippen LogP contribution in [0.2, 0.25) is 0 Å². The summed E-state index contributed by atoms with van der Waals surface area (Å²) >= 11 is 0. The second-order valence-electron chi connectivity index (χ2n) is 11.8. The Balaban J connectivity index is 1.70. The molecule has 2 N–H and O–H groups in total. The van der Waals surface area contributed by atoms with Gasteiger partial charge in [-0.2, -0.15) is 0 Å². The molecule has 0 spiro atoms. The predicted molar refractivity (Wildman–Crippen MR) is 187 cm³/mol. The number of aromatic carboxylic acids is 2. The molecule has 0 bridgehead atoms. The molecule has 0 aliphatic rings. The molecule has 1 heterocycles. The number of carboxylic acids is 2. The molecule has 0 radical (unpaired) electrons. The number of imidazole rings is 1. The van der Waals surface area contributed by atoms with Gasteiger partial charge < -0.3 is 14.8 Å². The largest absolute Gasteiger partial charge is 0.478 e. The Morgan fingerprint density at radius 3 is 1.87 bits per heavy atom. The number of nitrogens with zero attached hydrogens (tertiary/aromatic N) is 3. The van der Waals surface area contributed by atoms with E-state index < -0.39 is 11.9 Å². The van der Waals surface area contributed by atoms with Gasteiger partial charge in [-0.25, -0.2) is 14.6 Å². The first-order chi connectivity index (χ1) is 22.9. The Labute approximate surface area is 277 Å². The van der Waals surface area contributed by atoms with Crippen LogP contribution in [0.3, 0.4) is 0 Å². The van der Waals surface area contributed by atoms with E-state index in [1.165, 1.54) is 0 Å². The zero-order valence-corrected chi connectivity index (χ0v) is 27.4. The lowest BCUT2D eigenvalue weighted by Gasteiger charge is -2.27. The van der Waals surface area contributed by atoms with Crippen LogP contribution in [-0.2, 0) is 39.0 Å². The summed E-state index contributed by atoms with van der Waals surface area (Å²) in [4.78, 5) is 32.6. The third-order valence-electron chi connectivity index (χ3n) is 8.69. The number of hydrogen-bond acceptors (Lipinski definition) is 4. The van der Waals surface area contributed by atoms with Crippen molar-refractivity contribution in [3.8, 4) is 22.6 Å². The summed E-state index contributed by atoms with van der Waals surface area (Å²) in [5.41, 5.74) is 7.11. The summed E-state index contributed by atoms with van der Waals surface area (Å²) in [7, 11) is 0. The Morgan fingerprint density at radius 2 is 1.32 bits per heavy atom. The van der Waals surface area contributed by atoms with Gasteiger partial charge in [-0.15, -0.1) is 0 Å². The van der Waals surface area contributed by atoms with E-state index in [1.807, 2.05) is 68.4 Å². The highest BCUT2D eigenvalue weighted by atomic mass is 16.4. The van der Waals surface area contributed by atoms with E-state index in [0.717, 1.165) is 58.9 Å². The lowest BCUT2D eigenvalue weighted by atomic mass is 9.88. The van der Waals surface area contributed by atoms with Crippen LogP contribution in [0.15, 0.2) is 97.1 Å². The summed E-state index contributed by atoms with van der Waals surface area (Å²) in [6, 6.07) is 32.4. The van der Waals surface area contributed by atoms with Gasteiger partial charge in [0.15, 0.2) is 0 Å². The van der Waals surface area contributed by atoms with Crippen LogP contribution in [0.1, 0.15) is 82.3 Å². The van der Waals surface area contributed by atoms with Crippen LogP contribution in [0, 0.1) is 0 Å². The van der Waals surface area contributed by atoms with E-state index in [2.05, 4.69) is 52.8 Å². The summed E-state index contributed by atoms with van der Waals surface area (Å²) in [6.45, 7) is 8.20. The lowest BCUT2D eigenvalue weighted by molar-refractivity contribution is 0.0694. The molecule has 0 atom stereocenters. The highest BCUT2D eigenvalue weighted by Crippen LogP contribution is 2.33. The van der Waals surface area contributed by atoms with Crippen LogP contribution < -0.4 is 0 Å². The number of carbonyl (C=O) groups is 2. The molecule has 0 amide bonds. The molecule has 242 valence electrons. The topological polar surface area (TPSA) is 95.7 Å². The van der Waals surface area contributed by atoms with Crippen LogP contribution in [-0.4, -0.2) is 36.6 Å². The van der Waals surface area contributed by atoms with E-state index in [9.17, 15) is 19.8 Å². The molecule has 0 unspecified atom stereocenters. The Bertz CT molecular complexity index is 1820. The van der Waals surface area contributed by atoms with Gasteiger partial charge in [0, 0.05) is 37.3 Å². The van der Waals surface area contributed by atoms with Crippen molar-refractivity contribution in [1.82, 2.24) is 14.5 Å². The van der Waals surface area contributed by atoms with Gasteiger partial charge in [-0.05, 0) is 47.6 Å². The minimum absolute atomic E-state index is 0.0566. The monoisotopic (exact) mass is 629 g/mol. The highest BCUT2D eigenvalue weighted by Gasteiger charge is 2.27. The smallest absolute Gasteiger partial charge is 0.336 e. The zero-order valence-electron chi connectivity index (χ0n) is 27.4. The molecule has 0 aliphatic heterocycles. The van der Waals surface area contributed by atoms with Crippen molar-refractivity contribution in [1.29, 1.82) is 0 Å². The quantitative estimate of drug-likeness (QED) is 0.120. The van der Waals surface area contributed by atoms with Crippen molar-refractivity contribution in [2.24, 2.45) is 0 Å². The van der Waals surface area contributed by atoms with Crippen molar-refractivity contribution in [2.75, 3.05) is 0 Å². The van der Waals surface area contributed by atoms with E-state index in [1.54, 1.807) is 6.07 Å². The van der Waals surface area contributed by atoms with Gasteiger partial charge in [0.25, 0.3) is 0 Å². The van der Waals surface area contributed by atoms with Gasteiger partial charge >= 0.3 is 11.9 Å². The minimum atomic E-state index is -1.11. The number of hydrogen-bond donors (Lipinski definition) is 2. The average molecular weight is 630 g/mol. The molecular weight excluding hydrogens is 586 g/mol. The molecule has 0 saturated heterocycles. The van der Waals surface area contributed by atoms with Gasteiger partial charge in [-0.3, -0.25) is 4.90 Å². The van der Waals surface area contributed by atoms with Gasteiger partial charge in [0.2, 0.25) is 0 Å². The van der Waals surface area contributed by atoms with E-state index in [0.29, 0.717) is 43.6 Å². The lowest BCUT2D eigenvalue weighted by Crippen LogP contribution is -2.26. The molecule has 7 nitrogen and oxygen atoms in total. The fraction of sp³-hybridized carbons (Fsp3) is 0.275. The third-order valence-corrected chi connectivity index (χ3v) is 8.69. The minimum Gasteiger partial charge on any atom is -0.478 e. The summed E-state index contributed by atoms with van der Waals surface area (Å²) < 4.78 is 2.34. The first kappa shape index (κ1) is 33.4. The molecule has 1 aromatic heterocycles. The highest BCUT2D eigenvalue weighted by molar-refractivity contribution is 5.98. The van der Waals surface area contributed by atoms with Gasteiger partial charge in [0.05, 0.1) is 22.5 Å². The molecular formula is C40H43N3O4. The third kappa shape index (κ3) is 7.53. The van der Waals surface area contributed by atoms with Crippen LogP contribution in [0.25, 0.3) is 22.6 Å². The van der Waals surface area contributed by atoms with E-state index in [4.69, 9.17) is 4.98 Å². The van der Waals surface area contributed by atoms with Crippen LogP contribution in [0.5, 0.6) is 0 Å². The molecule has 4 aromatic carbocycles. The molecule has 0 aliphatic carbocycles. The van der Waals surface area contributed by atoms with Crippen molar-refractivity contribution in [3.63, 3.8) is 0 Å². The molecule has 5 aromatic rings. The van der Waals surface area contributed by atoms with Crippen molar-refractivity contribution in [3.05, 3.63) is 136 Å². The average Bonchev–Trinajstić information content (AvgIpc) is 3.45. The molecule has 5 rings (SSSR count). The molecule has 0 saturated carbocycles. The Kier molecular flexibility index (Phi) is 11.0. The van der Waals surface area contributed by atoms with E-state index in [-0.39, 0.29) is 11.1 Å². The van der Waals surface area contributed by atoms with Gasteiger partial charge in [0.1, 0.15) is 5.82 Å². The van der Waals surface area contributed by atoms with Crippen LogP contribution in [0.4, 0.5) is 0 Å². The molecule has 47 heavy (non-hydrogen) atoms. The van der Waals surface area contributed by atoms with E-state index >= 15 is 0 Å². The second-order valence-corrected chi connectivity index (χ2v) is 11.8. The zero-order chi connectivity index (χ0) is 33.3. The SMILES string of the molecule is CCCCn1c(-c2ccccc2)nc(-c2ccccc2)c1CN(Cc1ccccc1)Cc1cc(C(=O)O)c(CC)c(C(=O)O)c1CC. The molecule has 0 fully saturated rings. The van der Waals surface area contributed by atoms with Crippen molar-refractivity contribution >= 4 is 11.9 Å². The summed E-state index contributed by atoms with van der Waals surface area (Å²) in [5.74, 6) is -1.29. The first-order valence-electron chi connectivity index (χ1n) is 16.5. The normalized spacial score (nSPS) is 11.2. The standard InChI is InChI=1S/C40H43N3O4/c1-4-7-23-43-35(37(29-19-13-9-14-20-29)41-38(43)30-21-15-10-16-22-30)27-42(25-28-17-11-8-12-18-28)26-31-24-34(39(44)45)33(6-3)36(40(46)47)32(31)5-2/h8-22,24H,4-7,23,25-27H2,1-3H3,(H,44,45)(H,46,47). The maximum Gasteiger partial charge on any atom is 0.336 e. The fourth-order valence-corrected chi connectivity index (χ4v) is 6.49. The maximum atomic E-state index is 12.6. The number of unbranched alkanes of at least 4 members (excludes halogenated alkanes) is 1. The Hall–Kier alpha value is -5.01. The number of aromatic nitrogens is 2. The fourth-order valence-electron chi connectivity index (χ4n) is 6.49. The molecule has 7 heteroatoms. The van der Waals surface area contributed by atoms with Crippen molar-refractivity contribution in [2.45, 2.75) is 72.6 Å². The number of rotatable bonds is 15. The Morgan fingerprint density at radius 1 is 0.723 bits per heavy atom. The summed E-state index contributed by atoms with van der Waals surface area (Å²) in [5, 5.41) is 20.5. The predicted octanol–water partition coefficient (Wildman–Crippen LogP) is 8.74. The maximum absolute atomic E-state index is 12.6. The number of carboxylic acid groups (broad SMARTS) is 2. The second kappa shape index (κ2) is 15.5. The summed E-state index contributed by atoms with van der Waals surface area (Å²) in [6.07, 6.45) is 2.81. The first-order valence-corrected chi connectivity index (χ1v) is 16.5. The van der Waals surface area contributed by atoms with Crippen LogP contribution >= 0.6 is 0 Å².